The van der Waals surface area contributed by atoms with Gasteiger partial charge in [-0.1, -0.05) is 11.6 Å². The van der Waals surface area contributed by atoms with Crippen LogP contribution >= 0.6 is 11.6 Å². The lowest BCUT2D eigenvalue weighted by molar-refractivity contribution is 0.112. The minimum atomic E-state index is 0.448. The fourth-order valence-corrected chi connectivity index (χ4v) is 1.29. The van der Waals surface area contributed by atoms with Crippen molar-refractivity contribution in [1.29, 1.82) is 0 Å². The SMILES string of the molecule is CC#CCCOc1ccc(C=O)cc1Cl. The van der Waals surface area contributed by atoms with Gasteiger partial charge in [0.25, 0.3) is 0 Å². The predicted octanol–water partition coefficient (Wildman–Crippen LogP) is 2.94. The van der Waals surface area contributed by atoms with Crippen LogP contribution in [0.1, 0.15) is 23.7 Å². The first-order valence-corrected chi connectivity index (χ1v) is 4.93. The van der Waals surface area contributed by atoms with Gasteiger partial charge in [-0.15, -0.1) is 11.8 Å². The van der Waals surface area contributed by atoms with E-state index in [4.69, 9.17) is 16.3 Å². The Labute approximate surface area is 94.2 Å². The summed E-state index contributed by atoms with van der Waals surface area (Å²) in [6, 6.07) is 4.93. The van der Waals surface area contributed by atoms with Gasteiger partial charge in [0.1, 0.15) is 12.0 Å². The molecule has 1 rings (SSSR count). The molecule has 3 heteroatoms. The van der Waals surface area contributed by atoms with Crippen molar-refractivity contribution in [3.8, 4) is 17.6 Å². The van der Waals surface area contributed by atoms with Gasteiger partial charge in [-0.25, -0.2) is 0 Å². The van der Waals surface area contributed by atoms with Gasteiger partial charge in [0, 0.05) is 12.0 Å². The first kappa shape index (κ1) is 11.6. The molecule has 2 nitrogen and oxygen atoms in total. The van der Waals surface area contributed by atoms with E-state index in [0.717, 1.165) is 6.29 Å². The summed E-state index contributed by atoms with van der Waals surface area (Å²) in [6.07, 6.45) is 1.42. The van der Waals surface area contributed by atoms with Crippen LogP contribution in [-0.2, 0) is 0 Å². The number of hydrogen-bond acceptors (Lipinski definition) is 2. The molecule has 0 aliphatic carbocycles. The Hall–Kier alpha value is -1.46. The quantitative estimate of drug-likeness (QED) is 0.445. The summed E-state index contributed by atoms with van der Waals surface area (Å²) in [6.45, 7) is 2.28. The lowest BCUT2D eigenvalue weighted by Crippen LogP contribution is -1.96. The largest absolute Gasteiger partial charge is 0.491 e. The van der Waals surface area contributed by atoms with Crippen LogP contribution in [0.3, 0.4) is 0 Å². The van der Waals surface area contributed by atoms with Gasteiger partial charge < -0.3 is 4.74 Å². The molecule has 0 aliphatic heterocycles. The molecule has 78 valence electrons. The minimum absolute atomic E-state index is 0.448. The van der Waals surface area contributed by atoms with Crippen molar-refractivity contribution >= 4 is 17.9 Å². The zero-order valence-corrected chi connectivity index (χ0v) is 9.17. The zero-order chi connectivity index (χ0) is 11.1. The van der Waals surface area contributed by atoms with Crippen LogP contribution in [0, 0.1) is 11.8 Å². The number of benzene rings is 1. The molecule has 0 saturated carbocycles. The summed E-state index contributed by atoms with van der Waals surface area (Å²) in [5, 5.41) is 0.448. The lowest BCUT2D eigenvalue weighted by atomic mass is 10.2. The van der Waals surface area contributed by atoms with E-state index in [2.05, 4.69) is 11.8 Å². The number of rotatable bonds is 4. The fourth-order valence-electron chi connectivity index (χ4n) is 1.04. The first-order valence-electron chi connectivity index (χ1n) is 4.55. The number of halogens is 1. The Morgan fingerprint density at radius 3 is 2.93 bits per heavy atom. The highest BCUT2D eigenvalue weighted by atomic mass is 35.5. The van der Waals surface area contributed by atoms with Crippen molar-refractivity contribution in [1.82, 2.24) is 0 Å². The van der Waals surface area contributed by atoms with Crippen molar-refractivity contribution < 1.29 is 9.53 Å². The number of hydrogen-bond donors (Lipinski definition) is 0. The molecule has 0 unspecified atom stereocenters. The molecule has 0 spiro atoms. The molecule has 0 atom stereocenters. The summed E-state index contributed by atoms with van der Waals surface area (Å²) in [5.74, 6) is 6.25. The van der Waals surface area contributed by atoms with E-state index in [0.29, 0.717) is 29.4 Å². The summed E-state index contributed by atoms with van der Waals surface area (Å²) < 4.78 is 5.39. The molecule has 0 aromatic heterocycles. The van der Waals surface area contributed by atoms with Gasteiger partial charge in [-0.05, 0) is 25.1 Å². The van der Waals surface area contributed by atoms with Gasteiger partial charge in [0.05, 0.1) is 11.6 Å². The van der Waals surface area contributed by atoms with Crippen LogP contribution < -0.4 is 4.74 Å². The Morgan fingerprint density at radius 1 is 1.53 bits per heavy atom. The molecule has 0 saturated heterocycles. The summed E-state index contributed by atoms with van der Waals surface area (Å²) in [5.41, 5.74) is 0.542. The van der Waals surface area contributed by atoms with Crippen molar-refractivity contribution in [2.45, 2.75) is 13.3 Å². The van der Waals surface area contributed by atoms with Crippen molar-refractivity contribution in [3.05, 3.63) is 28.8 Å². The number of aldehydes is 1. The van der Waals surface area contributed by atoms with Gasteiger partial charge >= 0.3 is 0 Å². The average molecular weight is 223 g/mol. The summed E-state index contributed by atoms with van der Waals surface area (Å²) in [4.78, 5) is 10.5. The molecule has 15 heavy (non-hydrogen) atoms. The fraction of sp³-hybridized carbons (Fsp3) is 0.250. The minimum Gasteiger partial charge on any atom is -0.491 e. The van der Waals surface area contributed by atoms with Gasteiger partial charge in [0.2, 0.25) is 0 Å². The van der Waals surface area contributed by atoms with E-state index in [-0.39, 0.29) is 0 Å². The van der Waals surface area contributed by atoms with E-state index in [1.54, 1.807) is 25.1 Å². The molecule has 0 bridgehead atoms. The van der Waals surface area contributed by atoms with E-state index in [1.165, 1.54) is 0 Å². The monoisotopic (exact) mass is 222 g/mol. The van der Waals surface area contributed by atoms with Crippen LogP contribution in [0.5, 0.6) is 5.75 Å². The molecule has 0 fully saturated rings. The highest BCUT2D eigenvalue weighted by Gasteiger charge is 2.01. The third kappa shape index (κ3) is 3.65. The molecule has 0 aliphatic rings. The molecule has 0 heterocycles. The van der Waals surface area contributed by atoms with Crippen LogP contribution in [-0.4, -0.2) is 12.9 Å². The van der Waals surface area contributed by atoms with Gasteiger partial charge in [-0.3, -0.25) is 4.79 Å². The maximum atomic E-state index is 10.5. The normalized spacial score (nSPS) is 8.93. The summed E-state index contributed by atoms with van der Waals surface area (Å²) >= 11 is 5.90. The van der Waals surface area contributed by atoms with Crippen molar-refractivity contribution in [3.63, 3.8) is 0 Å². The lowest BCUT2D eigenvalue weighted by Gasteiger charge is -2.06. The van der Waals surface area contributed by atoms with Gasteiger partial charge in [0.15, 0.2) is 0 Å². The molecule has 0 amide bonds. The van der Waals surface area contributed by atoms with E-state index < -0.39 is 0 Å². The number of carbonyl (C=O) groups excluding carboxylic acids is 1. The van der Waals surface area contributed by atoms with Crippen LogP contribution in [0.2, 0.25) is 5.02 Å². The Morgan fingerprint density at radius 2 is 2.33 bits per heavy atom. The first-order chi connectivity index (χ1) is 7.27. The highest BCUT2D eigenvalue weighted by molar-refractivity contribution is 6.32. The number of carbonyl (C=O) groups is 1. The second-order valence-electron chi connectivity index (χ2n) is 2.83. The molecular weight excluding hydrogens is 212 g/mol. The van der Waals surface area contributed by atoms with Crippen LogP contribution in [0.25, 0.3) is 0 Å². The van der Waals surface area contributed by atoms with Crippen molar-refractivity contribution in [2.75, 3.05) is 6.61 Å². The standard InChI is InChI=1S/C12H11ClO2/c1-2-3-4-7-15-12-6-5-10(9-14)8-11(12)13/h5-6,8-9H,4,7H2,1H3. The molecule has 0 N–H and O–H groups in total. The van der Waals surface area contributed by atoms with E-state index in [9.17, 15) is 4.79 Å². The van der Waals surface area contributed by atoms with Crippen LogP contribution in [0.4, 0.5) is 0 Å². The second-order valence-corrected chi connectivity index (χ2v) is 3.24. The number of ether oxygens (including phenoxy) is 1. The van der Waals surface area contributed by atoms with Crippen LogP contribution in [0.15, 0.2) is 18.2 Å². The third-order valence-electron chi connectivity index (χ3n) is 1.75. The average Bonchev–Trinajstić information content (AvgIpc) is 2.26. The van der Waals surface area contributed by atoms with Gasteiger partial charge in [-0.2, -0.15) is 0 Å². The molecule has 1 aromatic rings. The molecular formula is C12H11ClO2. The predicted molar refractivity (Wildman–Crippen MR) is 60.4 cm³/mol. The van der Waals surface area contributed by atoms with E-state index >= 15 is 0 Å². The molecule has 1 aromatic carbocycles. The van der Waals surface area contributed by atoms with Crippen molar-refractivity contribution in [2.24, 2.45) is 0 Å². The topological polar surface area (TPSA) is 26.3 Å². The Balaban J connectivity index is 2.60. The smallest absolute Gasteiger partial charge is 0.150 e. The maximum absolute atomic E-state index is 10.5. The Bertz CT molecular complexity index is 402. The third-order valence-corrected chi connectivity index (χ3v) is 2.05. The highest BCUT2D eigenvalue weighted by Crippen LogP contribution is 2.24. The zero-order valence-electron chi connectivity index (χ0n) is 8.42. The second kappa shape index (κ2) is 6.10. The Kier molecular flexibility index (Phi) is 4.73. The van der Waals surface area contributed by atoms with E-state index in [1.807, 2.05) is 0 Å². The maximum Gasteiger partial charge on any atom is 0.150 e. The summed E-state index contributed by atoms with van der Waals surface area (Å²) in [7, 11) is 0. The molecule has 0 radical (unpaired) electrons.